The number of carbonyl (C=O) groups is 1. The van der Waals surface area contributed by atoms with Gasteiger partial charge in [-0.1, -0.05) is 31.2 Å². The fraction of sp³-hybridized carbons (Fsp3) is 0.462. The zero-order valence-corrected chi connectivity index (χ0v) is 9.07. The molecule has 0 aromatic heterocycles. The molecule has 1 saturated heterocycles. The average Bonchev–Trinajstić information content (AvgIpc) is 2.81. The molecule has 1 fully saturated rings. The van der Waals surface area contributed by atoms with Gasteiger partial charge in [-0.3, -0.25) is 4.79 Å². The summed E-state index contributed by atoms with van der Waals surface area (Å²) in [6, 6.07) is 7.92. The minimum absolute atomic E-state index is 0.474. The predicted octanol–water partition coefficient (Wildman–Crippen LogP) is 2.21. The van der Waals surface area contributed by atoms with Crippen LogP contribution in [0.5, 0.6) is 0 Å². The third-order valence-electron chi connectivity index (χ3n) is 3.42. The van der Waals surface area contributed by atoms with E-state index < -0.39 is 0 Å². The van der Waals surface area contributed by atoms with E-state index in [0.29, 0.717) is 11.8 Å². The molecule has 1 aromatic rings. The molecule has 1 heterocycles. The molecule has 80 valence electrons. The number of rotatable bonds is 3. The van der Waals surface area contributed by atoms with Crippen molar-refractivity contribution in [3.05, 3.63) is 35.4 Å². The van der Waals surface area contributed by atoms with Crippen molar-refractivity contribution in [3.63, 3.8) is 0 Å². The summed E-state index contributed by atoms with van der Waals surface area (Å²) < 4.78 is 0. The van der Waals surface area contributed by atoms with Crippen molar-refractivity contribution in [2.24, 2.45) is 5.92 Å². The number of benzene rings is 1. The van der Waals surface area contributed by atoms with Gasteiger partial charge in [-0.15, -0.1) is 0 Å². The molecule has 15 heavy (non-hydrogen) atoms. The van der Waals surface area contributed by atoms with E-state index in [-0.39, 0.29) is 0 Å². The number of aldehydes is 1. The van der Waals surface area contributed by atoms with Crippen molar-refractivity contribution in [1.29, 1.82) is 0 Å². The van der Waals surface area contributed by atoms with Gasteiger partial charge in [0.05, 0.1) is 0 Å². The Hall–Kier alpha value is -1.15. The lowest BCUT2D eigenvalue weighted by molar-refractivity contribution is 0.112. The molecule has 2 rings (SSSR count). The first-order valence-electron chi connectivity index (χ1n) is 5.57. The van der Waals surface area contributed by atoms with E-state index in [1.807, 2.05) is 18.2 Å². The van der Waals surface area contributed by atoms with Crippen LogP contribution in [0.1, 0.15) is 35.2 Å². The molecule has 0 spiro atoms. The van der Waals surface area contributed by atoms with Gasteiger partial charge in [0.1, 0.15) is 6.29 Å². The largest absolute Gasteiger partial charge is 0.316 e. The first kappa shape index (κ1) is 10.4. The highest BCUT2D eigenvalue weighted by molar-refractivity contribution is 5.77. The van der Waals surface area contributed by atoms with E-state index in [2.05, 4.69) is 18.3 Å². The van der Waals surface area contributed by atoms with E-state index in [1.54, 1.807) is 0 Å². The Morgan fingerprint density at radius 1 is 1.47 bits per heavy atom. The molecule has 0 amide bonds. The summed E-state index contributed by atoms with van der Waals surface area (Å²) in [5, 5.41) is 3.37. The number of carbonyl (C=O) groups excluding carboxylic acids is 1. The van der Waals surface area contributed by atoms with Crippen LogP contribution in [0.3, 0.4) is 0 Å². The summed E-state index contributed by atoms with van der Waals surface area (Å²) >= 11 is 0. The smallest absolute Gasteiger partial charge is 0.150 e. The molecule has 0 saturated carbocycles. The zero-order chi connectivity index (χ0) is 10.7. The number of hydrogen-bond donors (Lipinski definition) is 1. The fourth-order valence-electron chi connectivity index (χ4n) is 2.39. The summed E-state index contributed by atoms with van der Waals surface area (Å²) in [6.45, 7) is 4.41. The second-order valence-corrected chi connectivity index (χ2v) is 4.29. The zero-order valence-electron chi connectivity index (χ0n) is 9.07. The Balaban J connectivity index is 2.23. The minimum atomic E-state index is 0.474. The summed E-state index contributed by atoms with van der Waals surface area (Å²) in [5.74, 6) is 1.15. The van der Waals surface area contributed by atoms with Crippen LogP contribution >= 0.6 is 0 Å². The number of nitrogens with one attached hydrogen (secondary N) is 1. The maximum atomic E-state index is 10.9. The maximum absolute atomic E-state index is 10.9. The van der Waals surface area contributed by atoms with Crippen LogP contribution in [-0.2, 0) is 0 Å². The molecule has 0 aliphatic carbocycles. The predicted molar refractivity (Wildman–Crippen MR) is 61.2 cm³/mol. The van der Waals surface area contributed by atoms with Crippen molar-refractivity contribution < 1.29 is 4.79 Å². The lowest BCUT2D eigenvalue weighted by Crippen LogP contribution is -2.15. The molecule has 1 N–H and O–H groups in total. The van der Waals surface area contributed by atoms with Gasteiger partial charge < -0.3 is 5.32 Å². The molecule has 1 aliphatic heterocycles. The van der Waals surface area contributed by atoms with Crippen molar-refractivity contribution >= 4 is 6.29 Å². The first-order chi connectivity index (χ1) is 7.33. The van der Waals surface area contributed by atoms with Gasteiger partial charge in [-0.05, 0) is 36.9 Å². The molecule has 0 radical (unpaired) electrons. The molecular weight excluding hydrogens is 186 g/mol. The van der Waals surface area contributed by atoms with Crippen molar-refractivity contribution in [3.8, 4) is 0 Å². The monoisotopic (exact) mass is 203 g/mol. The Morgan fingerprint density at radius 3 is 2.93 bits per heavy atom. The van der Waals surface area contributed by atoms with Crippen LogP contribution in [-0.4, -0.2) is 19.4 Å². The highest BCUT2D eigenvalue weighted by Gasteiger charge is 2.23. The van der Waals surface area contributed by atoms with E-state index in [1.165, 1.54) is 12.0 Å². The second-order valence-electron chi connectivity index (χ2n) is 4.29. The summed E-state index contributed by atoms with van der Waals surface area (Å²) in [4.78, 5) is 10.9. The quantitative estimate of drug-likeness (QED) is 0.763. The van der Waals surface area contributed by atoms with Crippen LogP contribution in [0.4, 0.5) is 0 Å². The topological polar surface area (TPSA) is 29.1 Å². The molecule has 0 bridgehead atoms. The van der Waals surface area contributed by atoms with E-state index in [0.717, 1.165) is 24.9 Å². The van der Waals surface area contributed by atoms with Crippen molar-refractivity contribution in [2.75, 3.05) is 13.1 Å². The lowest BCUT2D eigenvalue weighted by Gasteiger charge is -2.19. The van der Waals surface area contributed by atoms with Gasteiger partial charge >= 0.3 is 0 Å². The number of hydrogen-bond acceptors (Lipinski definition) is 2. The van der Waals surface area contributed by atoms with E-state index >= 15 is 0 Å². The third-order valence-corrected chi connectivity index (χ3v) is 3.42. The highest BCUT2D eigenvalue weighted by Crippen LogP contribution is 2.29. The van der Waals surface area contributed by atoms with Crippen LogP contribution in [0, 0.1) is 5.92 Å². The van der Waals surface area contributed by atoms with Gasteiger partial charge in [0.25, 0.3) is 0 Å². The van der Waals surface area contributed by atoms with Gasteiger partial charge in [0.2, 0.25) is 0 Å². The Morgan fingerprint density at radius 2 is 2.27 bits per heavy atom. The van der Waals surface area contributed by atoms with E-state index in [9.17, 15) is 4.79 Å². The Kier molecular flexibility index (Phi) is 3.17. The van der Waals surface area contributed by atoms with Crippen LogP contribution in [0.2, 0.25) is 0 Å². The third kappa shape index (κ3) is 2.10. The van der Waals surface area contributed by atoms with Crippen LogP contribution in [0.15, 0.2) is 24.3 Å². The van der Waals surface area contributed by atoms with Gasteiger partial charge in [-0.25, -0.2) is 0 Å². The van der Waals surface area contributed by atoms with Crippen LogP contribution < -0.4 is 5.32 Å². The molecular formula is C13H17NO. The lowest BCUT2D eigenvalue weighted by atomic mass is 9.85. The molecule has 2 nitrogen and oxygen atoms in total. The normalized spacial score (nSPS) is 22.6. The van der Waals surface area contributed by atoms with Crippen LogP contribution in [0.25, 0.3) is 0 Å². The highest BCUT2D eigenvalue weighted by atomic mass is 16.1. The molecule has 1 aliphatic rings. The average molecular weight is 203 g/mol. The Bertz CT molecular complexity index is 342. The van der Waals surface area contributed by atoms with Crippen molar-refractivity contribution in [2.45, 2.75) is 19.3 Å². The summed E-state index contributed by atoms with van der Waals surface area (Å²) in [6.07, 6.45) is 2.18. The summed E-state index contributed by atoms with van der Waals surface area (Å²) in [5.41, 5.74) is 2.04. The molecule has 2 heteroatoms. The van der Waals surface area contributed by atoms with E-state index in [4.69, 9.17) is 0 Å². The van der Waals surface area contributed by atoms with Crippen molar-refractivity contribution in [1.82, 2.24) is 5.32 Å². The van der Waals surface area contributed by atoms with Gasteiger partial charge in [0, 0.05) is 5.56 Å². The molecule has 2 unspecified atom stereocenters. The Labute approximate surface area is 90.7 Å². The summed E-state index contributed by atoms with van der Waals surface area (Å²) in [7, 11) is 0. The maximum Gasteiger partial charge on any atom is 0.150 e. The minimum Gasteiger partial charge on any atom is -0.316 e. The standard InChI is InChI=1S/C13H17NO/c1-10(11-6-7-14-8-11)13-5-3-2-4-12(13)9-15/h2-5,9-11,14H,6-8H2,1H3. The van der Waals surface area contributed by atoms with Gasteiger partial charge in [0.15, 0.2) is 0 Å². The fourth-order valence-corrected chi connectivity index (χ4v) is 2.39. The second kappa shape index (κ2) is 4.58. The molecule has 1 aromatic carbocycles. The first-order valence-corrected chi connectivity index (χ1v) is 5.57. The SMILES string of the molecule is CC(c1ccccc1C=O)C1CCNC1. The van der Waals surface area contributed by atoms with Gasteiger partial charge in [-0.2, -0.15) is 0 Å². The molecule has 2 atom stereocenters.